The average Bonchev–Trinajstić information content (AvgIpc) is 2.70. The maximum absolute atomic E-state index is 11.9. The first-order chi connectivity index (χ1) is 9.14. The van der Waals surface area contributed by atoms with E-state index in [0.29, 0.717) is 17.4 Å². The van der Waals surface area contributed by atoms with Crippen LogP contribution in [0, 0.1) is 11.3 Å². The Morgan fingerprint density at radius 3 is 2.25 bits per heavy atom. The lowest BCUT2D eigenvalue weighted by atomic mass is 9.69. The van der Waals surface area contributed by atoms with Crippen LogP contribution in [0.5, 0.6) is 0 Å². The summed E-state index contributed by atoms with van der Waals surface area (Å²) >= 11 is 0. The monoisotopic (exact) mass is 303 g/mol. The zero-order chi connectivity index (χ0) is 15.4. The van der Waals surface area contributed by atoms with Gasteiger partial charge in [-0.3, -0.25) is 0 Å². The van der Waals surface area contributed by atoms with E-state index >= 15 is 0 Å². The Morgan fingerprint density at radius 1 is 1.20 bits per heavy atom. The van der Waals surface area contributed by atoms with Crippen LogP contribution in [0.1, 0.15) is 66.7 Å². The summed E-state index contributed by atoms with van der Waals surface area (Å²) in [5.74, 6) is 1.12. The summed E-state index contributed by atoms with van der Waals surface area (Å²) in [6.45, 7) is 11.9. The number of sulfone groups is 1. The molecule has 1 rings (SSSR count). The molecule has 0 aromatic carbocycles. The average molecular weight is 304 g/mol. The molecule has 1 aliphatic rings. The largest absolute Gasteiger partial charge is 0.312 e. The SMILES string of the molecule is CCCCC(CC)(CNC(C)(C)C)C1CCS(=O)(=O)C1. The molecule has 1 saturated heterocycles. The molecule has 1 fully saturated rings. The van der Waals surface area contributed by atoms with E-state index in [1.54, 1.807) is 0 Å². The van der Waals surface area contributed by atoms with Gasteiger partial charge in [0.2, 0.25) is 0 Å². The van der Waals surface area contributed by atoms with Gasteiger partial charge in [0.25, 0.3) is 0 Å². The molecule has 0 aromatic rings. The molecule has 1 N–H and O–H groups in total. The molecule has 1 aliphatic heterocycles. The summed E-state index contributed by atoms with van der Waals surface area (Å²) in [5, 5.41) is 3.63. The van der Waals surface area contributed by atoms with Crippen molar-refractivity contribution in [1.29, 1.82) is 0 Å². The molecule has 3 nitrogen and oxygen atoms in total. The van der Waals surface area contributed by atoms with E-state index in [0.717, 1.165) is 25.8 Å². The van der Waals surface area contributed by atoms with Gasteiger partial charge in [-0.25, -0.2) is 8.42 Å². The Labute approximate surface area is 125 Å². The lowest BCUT2D eigenvalue weighted by Gasteiger charge is -2.41. The van der Waals surface area contributed by atoms with Crippen molar-refractivity contribution in [3.8, 4) is 0 Å². The second-order valence-corrected chi connectivity index (χ2v) is 9.75. The predicted octanol–water partition coefficient (Wildman–Crippen LogP) is 3.40. The van der Waals surface area contributed by atoms with Crippen LogP contribution in [0.4, 0.5) is 0 Å². The second kappa shape index (κ2) is 6.78. The lowest BCUT2D eigenvalue weighted by Crippen LogP contribution is -2.47. The molecule has 120 valence electrons. The zero-order valence-electron chi connectivity index (χ0n) is 14.0. The van der Waals surface area contributed by atoms with Crippen LogP contribution in [0.2, 0.25) is 0 Å². The number of rotatable bonds is 7. The van der Waals surface area contributed by atoms with Crippen LogP contribution in [0.3, 0.4) is 0 Å². The van der Waals surface area contributed by atoms with Crippen molar-refractivity contribution in [2.45, 2.75) is 72.3 Å². The molecule has 1 heterocycles. The summed E-state index contributed by atoms with van der Waals surface area (Å²) in [7, 11) is -2.80. The van der Waals surface area contributed by atoms with Crippen molar-refractivity contribution < 1.29 is 8.42 Å². The van der Waals surface area contributed by atoms with Gasteiger partial charge in [0.1, 0.15) is 0 Å². The molecule has 0 saturated carbocycles. The van der Waals surface area contributed by atoms with Crippen molar-refractivity contribution in [2.24, 2.45) is 11.3 Å². The van der Waals surface area contributed by atoms with Gasteiger partial charge in [0.15, 0.2) is 9.84 Å². The van der Waals surface area contributed by atoms with E-state index < -0.39 is 9.84 Å². The molecule has 2 unspecified atom stereocenters. The summed E-state index contributed by atoms with van der Waals surface area (Å²) in [6.07, 6.45) is 5.43. The fourth-order valence-corrected chi connectivity index (χ4v) is 5.22. The van der Waals surface area contributed by atoms with E-state index in [1.165, 1.54) is 12.8 Å². The smallest absolute Gasteiger partial charge is 0.150 e. The highest BCUT2D eigenvalue weighted by atomic mass is 32.2. The molecular formula is C16H33NO2S. The van der Waals surface area contributed by atoms with E-state index in [9.17, 15) is 8.42 Å². The molecule has 20 heavy (non-hydrogen) atoms. The Hall–Kier alpha value is -0.0900. The fourth-order valence-electron chi connectivity index (χ4n) is 3.28. The number of hydrogen-bond donors (Lipinski definition) is 1. The minimum absolute atomic E-state index is 0.0874. The first kappa shape index (κ1) is 18.0. The molecule has 0 spiro atoms. The molecule has 4 heteroatoms. The van der Waals surface area contributed by atoms with Gasteiger partial charge in [-0.2, -0.15) is 0 Å². The Balaban J connectivity index is 2.87. The van der Waals surface area contributed by atoms with Crippen LogP contribution in [0.25, 0.3) is 0 Å². The molecular weight excluding hydrogens is 270 g/mol. The third-order valence-electron chi connectivity index (χ3n) is 4.80. The number of nitrogens with one attached hydrogen (secondary N) is 1. The Kier molecular flexibility index (Phi) is 6.09. The van der Waals surface area contributed by atoms with Crippen molar-refractivity contribution in [2.75, 3.05) is 18.1 Å². The first-order valence-electron chi connectivity index (χ1n) is 8.09. The number of hydrogen-bond acceptors (Lipinski definition) is 3. The second-order valence-electron chi connectivity index (χ2n) is 7.52. The normalized spacial score (nSPS) is 25.6. The highest BCUT2D eigenvalue weighted by molar-refractivity contribution is 7.91. The topological polar surface area (TPSA) is 46.2 Å². The molecule has 0 aromatic heterocycles. The summed E-state index contributed by atoms with van der Waals surface area (Å²) in [4.78, 5) is 0. The van der Waals surface area contributed by atoms with Crippen LogP contribution < -0.4 is 5.32 Å². The van der Waals surface area contributed by atoms with E-state index in [2.05, 4.69) is 39.9 Å². The zero-order valence-corrected chi connectivity index (χ0v) is 14.8. The minimum atomic E-state index is -2.80. The highest BCUT2D eigenvalue weighted by Gasteiger charge is 2.43. The van der Waals surface area contributed by atoms with Gasteiger partial charge in [-0.05, 0) is 51.4 Å². The van der Waals surface area contributed by atoms with E-state index in [-0.39, 0.29) is 11.0 Å². The van der Waals surface area contributed by atoms with Gasteiger partial charge in [-0.1, -0.05) is 26.7 Å². The fraction of sp³-hybridized carbons (Fsp3) is 1.00. The quantitative estimate of drug-likeness (QED) is 0.784. The van der Waals surface area contributed by atoms with Crippen LogP contribution in [-0.4, -0.2) is 32.0 Å². The van der Waals surface area contributed by atoms with Crippen molar-refractivity contribution in [3.05, 3.63) is 0 Å². The van der Waals surface area contributed by atoms with E-state index in [4.69, 9.17) is 0 Å². The van der Waals surface area contributed by atoms with Crippen molar-refractivity contribution in [1.82, 2.24) is 5.32 Å². The number of unbranched alkanes of at least 4 members (excludes halogenated alkanes) is 1. The van der Waals surface area contributed by atoms with Crippen LogP contribution in [0.15, 0.2) is 0 Å². The van der Waals surface area contributed by atoms with Gasteiger partial charge in [0.05, 0.1) is 11.5 Å². The summed E-state index contributed by atoms with van der Waals surface area (Å²) < 4.78 is 23.7. The molecule has 0 bridgehead atoms. The van der Waals surface area contributed by atoms with Gasteiger partial charge in [0, 0.05) is 12.1 Å². The molecule has 2 atom stereocenters. The van der Waals surface area contributed by atoms with Crippen LogP contribution in [-0.2, 0) is 9.84 Å². The molecule has 0 aliphatic carbocycles. The third kappa shape index (κ3) is 5.03. The maximum Gasteiger partial charge on any atom is 0.150 e. The van der Waals surface area contributed by atoms with E-state index in [1.807, 2.05) is 0 Å². The Morgan fingerprint density at radius 2 is 1.85 bits per heavy atom. The maximum atomic E-state index is 11.9. The van der Waals surface area contributed by atoms with Crippen molar-refractivity contribution in [3.63, 3.8) is 0 Å². The van der Waals surface area contributed by atoms with Gasteiger partial charge in [-0.15, -0.1) is 0 Å². The summed E-state index contributed by atoms with van der Waals surface area (Å²) in [6, 6.07) is 0. The highest BCUT2D eigenvalue weighted by Crippen LogP contribution is 2.42. The third-order valence-corrected chi connectivity index (χ3v) is 6.57. The predicted molar refractivity (Wildman–Crippen MR) is 86.8 cm³/mol. The van der Waals surface area contributed by atoms with Gasteiger partial charge < -0.3 is 5.32 Å². The van der Waals surface area contributed by atoms with Gasteiger partial charge >= 0.3 is 0 Å². The molecule has 0 amide bonds. The summed E-state index contributed by atoms with van der Waals surface area (Å²) in [5.41, 5.74) is 0.233. The molecule has 0 radical (unpaired) electrons. The standard InChI is InChI=1S/C16H33NO2S/c1-6-8-10-16(7-2,13-17-15(3,4)5)14-9-11-20(18,19)12-14/h14,17H,6-13H2,1-5H3. The lowest BCUT2D eigenvalue weighted by molar-refractivity contribution is 0.131. The Bertz CT molecular complexity index is 397. The van der Waals surface area contributed by atoms with Crippen molar-refractivity contribution >= 4 is 9.84 Å². The minimum Gasteiger partial charge on any atom is -0.312 e. The van der Waals surface area contributed by atoms with Crippen LogP contribution >= 0.6 is 0 Å². The first-order valence-corrected chi connectivity index (χ1v) is 9.92.